The molecule has 4 heterocycles. The van der Waals surface area contributed by atoms with Gasteiger partial charge in [0.2, 0.25) is 0 Å². The maximum Gasteiger partial charge on any atom is 0.416 e. The molecule has 40 heavy (non-hydrogen) atoms. The smallest absolute Gasteiger partial charge is 0.416 e. The first kappa shape index (κ1) is 25.2. The predicted octanol–water partition coefficient (Wildman–Crippen LogP) is 5.86. The molecule has 0 atom stereocenters. The summed E-state index contributed by atoms with van der Waals surface area (Å²) in [6, 6.07) is 12.3. The van der Waals surface area contributed by atoms with Crippen molar-refractivity contribution in [3.8, 4) is 34.1 Å². The summed E-state index contributed by atoms with van der Waals surface area (Å²) in [5.41, 5.74) is 9.44. The number of nitrogens with two attached hydrogens (primary N) is 1. The molecule has 0 fully saturated rings. The van der Waals surface area contributed by atoms with Gasteiger partial charge in [-0.15, -0.1) is 0 Å². The Labute approximate surface area is 229 Å². The van der Waals surface area contributed by atoms with Crippen LogP contribution in [0, 0.1) is 5.82 Å². The van der Waals surface area contributed by atoms with E-state index < -0.39 is 17.5 Å². The Bertz CT molecular complexity index is 1760. The number of anilines is 2. The molecule has 0 saturated heterocycles. The van der Waals surface area contributed by atoms with E-state index in [1.54, 1.807) is 45.0 Å². The van der Waals surface area contributed by atoms with Crippen LogP contribution < -0.4 is 15.4 Å². The Morgan fingerprint density at radius 2 is 1.75 bits per heavy atom. The number of carbonyl (C=O) groups excluding carboxylic acids is 1. The van der Waals surface area contributed by atoms with E-state index in [1.165, 1.54) is 29.7 Å². The van der Waals surface area contributed by atoms with Crippen LogP contribution in [0.4, 0.5) is 20.7 Å². The summed E-state index contributed by atoms with van der Waals surface area (Å²) >= 11 is 0. The number of nitrogens with zero attached hydrogens (tertiary/aromatic N) is 6. The lowest BCUT2D eigenvalue weighted by Gasteiger charge is -2.27. The number of ether oxygens (including phenoxy) is 2. The molecule has 11 heteroatoms. The average Bonchev–Trinajstić information content (AvgIpc) is 3.12. The van der Waals surface area contributed by atoms with Gasteiger partial charge in [0.05, 0.1) is 17.6 Å². The summed E-state index contributed by atoms with van der Waals surface area (Å²) < 4.78 is 29.7. The van der Waals surface area contributed by atoms with Crippen molar-refractivity contribution in [3.05, 3.63) is 72.6 Å². The predicted molar refractivity (Wildman–Crippen MR) is 148 cm³/mol. The van der Waals surface area contributed by atoms with Gasteiger partial charge in [0.1, 0.15) is 17.6 Å². The van der Waals surface area contributed by atoms with Gasteiger partial charge in [-0.3, -0.25) is 4.90 Å². The van der Waals surface area contributed by atoms with Gasteiger partial charge in [0.15, 0.2) is 17.4 Å². The van der Waals surface area contributed by atoms with Crippen molar-refractivity contribution in [2.45, 2.75) is 32.9 Å². The lowest BCUT2D eigenvalue weighted by atomic mass is 9.95. The largest absolute Gasteiger partial charge is 0.443 e. The number of hydrogen-bond acceptors (Lipinski definition) is 8. The molecule has 1 aliphatic heterocycles. The minimum Gasteiger partial charge on any atom is -0.443 e. The summed E-state index contributed by atoms with van der Waals surface area (Å²) in [5, 5.41) is 0.598. The van der Waals surface area contributed by atoms with Crippen molar-refractivity contribution < 1.29 is 18.7 Å². The summed E-state index contributed by atoms with van der Waals surface area (Å²) in [6.07, 6.45) is 3.73. The molecule has 202 valence electrons. The molecule has 0 radical (unpaired) electrons. The molecule has 5 aromatic rings. The number of aryl methyl sites for hydroxylation is 1. The van der Waals surface area contributed by atoms with E-state index >= 15 is 4.39 Å². The van der Waals surface area contributed by atoms with Crippen LogP contribution in [0.2, 0.25) is 0 Å². The summed E-state index contributed by atoms with van der Waals surface area (Å²) in [4.78, 5) is 32.0. The molecule has 10 nitrogen and oxygen atoms in total. The standard InChI is InChI=1S/C29H26FN7O3/c1-29(2,3)40-28(38)37-14-19-18(10-11-20(23(19)30)39-27-32-12-5-13-33-27)21-22-25(34-15-35-26(22)37)36(4)24(21)16-6-8-17(31)9-7-16/h5-13,15H,14,31H2,1-4H3. The van der Waals surface area contributed by atoms with Crippen molar-refractivity contribution in [1.29, 1.82) is 0 Å². The van der Waals surface area contributed by atoms with Crippen molar-refractivity contribution in [2.75, 3.05) is 10.6 Å². The van der Waals surface area contributed by atoms with Crippen molar-refractivity contribution in [2.24, 2.45) is 7.05 Å². The van der Waals surface area contributed by atoms with Crippen LogP contribution in [0.15, 0.2) is 61.2 Å². The van der Waals surface area contributed by atoms with E-state index in [-0.39, 0.29) is 23.9 Å². The minimum absolute atomic E-state index is 0.00205. The molecule has 2 aromatic carbocycles. The molecule has 0 aliphatic carbocycles. The highest BCUT2D eigenvalue weighted by Crippen LogP contribution is 2.48. The van der Waals surface area contributed by atoms with E-state index in [4.69, 9.17) is 15.2 Å². The average molecular weight is 540 g/mol. The highest BCUT2D eigenvalue weighted by Gasteiger charge is 2.35. The Kier molecular flexibility index (Phi) is 5.86. The van der Waals surface area contributed by atoms with E-state index in [2.05, 4.69) is 19.9 Å². The summed E-state index contributed by atoms with van der Waals surface area (Å²) in [5.74, 6) is -0.414. The van der Waals surface area contributed by atoms with Crippen LogP contribution in [0.25, 0.3) is 33.4 Å². The van der Waals surface area contributed by atoms with Crippen LogP contribution in [0.3, 0.4) is 0 Å². The van der Waals surface area contributed by atoms with Gasteiger partial charge in [-0.2, -0.15) is 0 Å². The van der Waals surface area contributed by atoms with E-state index in [9.17, 15) is 4.79 Å². The first-order valence-electron chi connectivity index (χ1n) is 12.6. The van der Waals surface area contributed by atoms with Gasteiger partial charge < -0.3 is 19.8 Å². The zero-order chi connectivity index (χ0) is 28.2. The minimum atomic E-state index is -0.791. The molecule has 3 aromatic heterocycles. The van der Waals surface area contributed by atoms with E-state index in [0.717, 1.165) is 11.3 Å². The number of amides is 1. The normalized spacial score (nSPS) is 12.7. The summed E-state index contributed by atoms with van der Waals surface area (Å²) in [7, 11) is 1.87. The fourth-order valence-corrected chi connectivity index (χ4v) is 4.89. The Balaban J connectivity index is 1.64. The Hall–Kier alpha value is -5.06. The quantitative estimate of drug-likeness (QED) is 0.283. The summed E-state index contributed by atoms with van der Waals surface area (Å²) in [6.45, 7) is 5.15. The number of fused-ring (bicyclic) bond motifs is 2. The zero-order valence-electron chi connectivity index (χ0n) is 22.3. The first-order chi connectivity index (χ1) is 19.1. The van der Waals surface area contributed by atoms with Crippen LogP contribution in [-0.2, 0) is 18.3 Å². The molecule has 0 bridgehead atoms. The van der Waals surface area contributed by atoms with Crippen molar-refractivity contribution in [3.63, 3.8) is 0 Å². The molecular formula is C29H26FN7O3. The number of halogens is 1. The zero-order valence-corrected chi connectivity index (χ0v) is 22.3. The van der Waals surface area contributed by atoms with Gasteiger partial charge in [-0.25, -0.2) is 29.1 Å². The molecule has 0 spiro atoms. The van der Waals surface area contributed by atoms with Crippen LogP contribution in [-0.4, -0.2) is 36.2 Å². The van der Waals surface area contributed by atoms with Gasteiger partial charge in [-0.05, 0) is 56.2 Å². The van der Waals surface area contributed by atoms with Gasteiger partial charge in [-0.1, -0.05) is 18.2 Å². The SMILES string of the molecule is Cn1c(-c2ccc(N)cc2)c2c3c(ncnc31)N(C(=O)OC(C)(C)C)Cc1c-2ccc(Oc2ncccn2)c1F. The number of carbonyl (C=O) groups is 1. The van der Waals surface area contributed by atoms with Gasteiger partial charge in [0, 0.05) is 36.3 Å². The molecule has 1 aliphatic rings. The van der Waals surface area contributed by atoms with Gasteiger partial charge >= 0.3 is 12.1 Å². The molecule has 2 N–H and O–H groups in total. The molecular weight excluding hydrogens is 513 g/mol. The molecule has 6 rings (SSSR count). The number of rotatable bonds is 3. The maximum atomic E-state index is 16.4. The monoisotopic (exact) mass is 539 g/mol. The maximum absolute atomic E-state index is 16.4. The third-order valence-corrected chi connectivity index (χ3v) is 6.54. The fraction of sp³-hybridized carbons (Fsp3) is 0.207. The third-order valence-electron chi connectivity index (χ3n) is 6.54. The van der Waals surface area contributed by atoms with Crippen LogP contribution >= 0.6 is 0 Å². The molecule has 1 amide bonds. The van der Waals surface area contributed by atoms with Crippen LogP contribution in [0.5, 0.6) is 11.8 Å². The number of nitrogen functional groups attached to an aromatic ring is 1. The molecule has 0 saturated carbocycles. The number of aromatic nitrogens is 5. The third kappa shape index (κ3) is 4.25. The number of hydrogen-bond donors (Lipinski definition) is 1. The highest BCUT2D eigenvalue weighted by atomic mass is 19.1. The molecule has 0 unspecified atom stereocenters. The Morgan fingerprint density at radius 1 is 1.02 bits per heavy atom. The fourth-order valence-electron chi connectivity index (χ4n) is 4.89. The second-order valence-electron chi connectivity index (χ2n) is 10.4. The lowest BCUT2D eigenvalue weighted by Crippen LogP contribution is -2.37. The van der Waals surface area contributed by atoms with Crippen molar-refractivity contribution in [1.82, 2.24) is 24.5 Å². The lowest BCUT2D eigenvalue weighted by molar-refractivity contribution is 0.0576. The second-order valence-corrected chi connectivity index (χ2v) is 10.4. The van der Waals surface area contributed by atoms with Crippen molar-refractivity contribution >= 4 is 28.6 Å². The Morgan fingerprint density at radius 3 is 2.45 bits per heavy atom. The van der Waals surface area contributed by atoms with E-state index in [0.29, 0.717) is 33.7 Å². The number of benzene rings is 2. The topological polar surface area (TPSA) is 121 Å². The van der Waals surface area contributed by atoms with Crippen LogP contribution in [0.1, 0.15) is 26.3 Å². The highest BCUT2D eigenvalue weighted by molar-refractivity contribution is 6.12. The van der Waals surface area contributed by atoms with E-state index in [1.807, 2.05) is 23.7 Å². The first-order valence-corrected chi connectivity index (χ1v) is 12.6. The second kappa shape index (κ2) is 9.30. The van der Waals surface area contributed by atoms with Gasteiger partial charge in [0.25, 0.3) is 0 Å².